The predicted octanol–water partition coefficient (Wildman–Crippen LogP) is 3.05. The molecule has 0 aliphatic heterocycles. The van der Waals surface area contributed by atoms with Crippen LogP contribution in [0.1, 0.15) is 53.3 Å². The van der Waals surface area contributed by atoms with E-state index in [1.165, 1.54) is 22.9 Å². The molecule has 0 saturated carbocycles. The van der Waals surface area contributed by atoms with Gasteiger partial charge in [0, 0.05) is 12.3 Å². The van der Waals surface area contributed by atoms with Crippen LogP contribution < -0.4 is 5.73 Å². The van der Waals surface area contributed by atoms with E-state index in [9.17, 15) is 8.42 Å². The molecule has 20 heavy (non-hydrogen) atoms. The molecule has 0 amide bonds. The zero-order valence-electron chi connectivity index (χ0n) is 13.9. The van der Waals surface area contributed by atoms with Crippen LogP contribution in [-0.4, -0.2) is 19.4 Å². The highest BCUT2D eigenvalue weighted by atomic mass is 32.2. The molecule has 1 atom stereocenters. The van der Waals surface area contributed by atoms with Gasteiger partial charge in [0.05, 0.1) is 4.75 Å². The van der Waals surface area contributed by atoms with Crippen LogP contribution in [0.3, 0.4) is 0 Å². The van der Waals surface area contributed by atoms with Crippen molar-refractivity contribution < 1.29 is 8.42 Å². The van der Waals surface area contributed by atoms with E-state index in [4.69, 9.17) is 5.73 Å². The van der Waals surface area contributed by atoms with Crippen molar-refractivity contribution in [3.05, 3.63) is 33.4 Å². The molecule has 0 heterocycles. The van der Waals surface area contributed by atoms with E-state index < -0.39 is 20.6 Å². The lowest BCUT2D eigenvalue weighted by atomic mass is 9.83. The van der Waals surface area contributed by atoms with Crippen molar-refractivity contribution in [3.63, 3.8) is 0 Å². The second-order valence-electron chi connectivity index (χ2n) is 6.39. The van der Waals surface area contributed by atoms with Gasteiger partial charge in [-0.2, -0.15) is 0 Å². The Kier molecular flexibility index (Phi) is 4.43. The number of hydrogen-bond acceptors (Lipinski definition) is 3. The SMILES string of the molecule is Cc1c(C)c(C)c(C(N)C(C)(C)S(C)(=O)=O)c(C)c1C. The molecule has 0 spiro atoms. The lowest BCUT2D eigenvalue weighted by Crippen LogP contribution is -2.43. The molecule has 0 aliphatic carbocycles. The Morgan fingerprint density at radius 2 is 1.15 bits per heavy atom. The molecule has 114 valence electrons. The molecule has 1 aromatic rings. The van der Waals surface area contributed by atoms with E-state index in [0.717, 1.165) is 16.7 Å². The monoisotopic (exact) mass is 297 g/mol. The van der Waals surface area contributed by atoms with Crippen LogP contribution in [0, 0.1) is 34.6 Å². The number of sulfone groups is 1. The maximum Gasteiger partial charge on any atom is 0.154 e. The van der Waals surface area contributed by atoms with Gasteiger partial charge in [-0.05, 0) is 81.8 Å². The zero-order valence-corrected chi connectivity index (χ0v) is 14.7. The predicted molar refractivity (Wildman–Crippen MR) is 86.0 cm³/mol. The zero-order chi connectivity index (χ0) is 16.0. The molecule has 0 bridgehead atoms. The minimum absolute atomic E-state index is 0.532. The van der Waals surface area contributed by atoms with Crippen molar-refractivity contribution in [2.45, 2.75) is 59.3 Å². The fourth-order valence-corrected chi connectivity index (χ4v) is 3.15. The third-order valence-corrected chi connectivity index (χ3v) is 7.24. The van der Waals surface area contributed by atoms with Crippen molar-refractivity contribution in [3.8, 4) is 0 Å². The molecule has 0 radical (unpaired) electrons. The summed E-state index contributed by atoms with van der Waals surface area (Å²) in [6.45, 7) is 13.7. The summed E-state index contributed by atoms with van der Waals surface area (Å²) in [6, 6.07) is -0.532. The highest BCUT2D eigenvalue weighted by Crippen LogP contribution is 2.37. The lowest BCUT2D eigenvalue weighted by molar-refractivity contribution is 0.493. The molecule has 1 unspecified atom stereocenters. The summed E-state index contributed by atoms with van der Waals surface area (Å²) in [4.78, 5) is 0. The van der Waals surface area contributed by atoms with Gasteiger partial charge in [-0.15, -0.1) is 0 Å². The van der Waals surface area contributed by atoms with Crippen LogP contribution >= 0.6 is 0 Å². The number of nitrogens with two attached hydrogens (primary N) is 1. The molecule has 0 aliphatic rings. The average molecular weight is 297 g/mol. The summed E-state index contributed by atoms with van der Waals surface area (Å²) in [5.41, 5.74) is 13.2. The number of hydrogen-bond donors (Lipinski definition) is 1. The Hall–Kier alpha value is -0.870. The van der Waals surface area contributed by atoms with Gasteiger partial charge in [-0.3, -0.25) is 0 Å². The Morgan fingerprint density at radius 3 is 1.45 bits per heavy atom. The molecule has 2 N–H and O–H groups in total. The van der Waals surface area contributed by atoms with Crippen LogP contribution in [0.25, 0.3) is 0 Å². The summed E-state index contributed by atoms with van der Waals surface area (Å²) in [5, 5.41) is 0. The van der Waals surface area contributed by atoms with Gasteiger partial charge in [0.25, 0.3) is 0 Å². The third-order valence-electron chi connectivity index (χ3n) is 5.07. The normalized spacial score (nSPS) is 14.4. The smallest absolute Gasteiger partial charge is 0.154 e. The Morgan fingerprint density at radius 1 is 0.850 bits per heavy atom. The van der Waals surface area contributed by atoms with Crippen molar-refractivity contribution in [2.24, 2.45) is 5.73 Å². The van der Waals surface area contributed by atoms with Gasteiger partial charge >= 0.3 is 0 Å². The minimum Gasteiger partial charge on any atom is -0.323 e. The molecular weight excluding hydrogens is 270 g/mol. The fraction of sp³-hybridized carbons (Fsp3) is 0.625. The molecule has 0 fully saturated rings. The molecule has 0 saturated heterocycles. The van der Waals surface area contributed by atoms with Gasteiger partial charge in [0.1, 0.15) is 0 Å². The number of rotatable bonds is 3. The Balaban J connectivity index is 3.65. The van der Waals surface area contributed by atoms with E-state index >= 15 is 0 Å². The second kappa shape index (κ2) is 5.15. The molecule has 1 aromatic carbocycles. The summed E-state index contributed by atoms with van der Waals surface area (Å²) >= 11 is 0. The quantitative estimate of drug-likeness (QED) is 0.932. The van der Waals surface area contributed by atoms with Crippen molar-refractivity contribution in [1.29, 1.82) is 0 Å². The lowest BCUT2D eigenvalue weighted by Gasteiger charge is -2.33. The first-order valence-electron chi connectivity index (χ1n) is 6.86. The van der Waals surface area contributed by atoms with Crippen molar-refractivity contribution in [2.75, 3.05) is 6.26 Å². The topological polar surface area (TPSA) is 60.2 Å². The standard InChI is InChI=1S/C16H27NO2S/c1-9-10(2)12(4)14(13(5)11(9)3)15(17)16(6,7)20(8,18)19/h15H,17H2,1-8H3. The van der Waals surface area contributed by atoms with E-state index in [0.29, 0.717) is 0 Å². The van der Waals surface area contributed by atoms with Crippen LogP contribution in [0.4, 0.5) is 0 Å². The van der Waals surface area contributed by atoms with Gasteiger partial charge in [-0.1, -0.05) is 0 Å². The maximum absolute atomic E-state index is 12.0. The summed E-state index contributed by atoms with van der Waals surface area (Å²) in [7, 11) is -3.24. The van der Waals surface area contributed by atoms with Crippen molar-refractivity contribution >= 4 is 9.84 Å². The summed E-state index contributed by atoms with van der Waals surface area (Å²) in [5.74, 6) is 0. The summed E-state index contributed by atoms with van der Waals surface area (Å²) < 4.78 is 23.1. The molecule has 3 nitrogen and oxygen atoms in total. The van der Waals surface area contributed by atoms with Gasteiger partial charge < -0.3 is 5.73 Å². The minimum atomic E-state index is -3.24. The molecular formula is C16H27NO2S. The first-order chi connectivity index (χ1) is 8.84. The van der Waals surface area contributed by atoms with Crippen LogP contribution in [0.2, 0.25) is 0 Å². The first-order valence-corrected chi connectivity index (χ1v) is 8.75. The molecule has 1 rings (SSSR count). The highest BCUT2D eigenvalue weighted by molar-refractivity contribution is 7.92. The van der Waals surface area contributed by atoms with E-state index in [1.54, 1.807) is 13.8 Å². The van der Waals surface area contributed by atoms with Crippen LogP contribution in [0.5, 0.6) is 0 Å². The Labute approximate surface area is 123 Å². The van der Waals surface area contributed by atoms with Gasteiger partial charge in [0.15, 0.2) is 9.84 Å². The van der Waals surface area contributed by atoms with Gasteiger partial charge in [-0.25, -0.2) is 8.42 Å². The molecule has 4 heteroatoms. The van der Waals surface area contributed by atoms with E-state index in [2.05, 4.69) is 20.8 Å². The molecule has 0 aromatic heterocycles. The van der Waals surface area contributed by atoms with Crippen molar-refractivity contribution in [1.82, 2.24) is 0 Å². The first kappa shape index (κ1) is 17.2. The average Bonchev–Trinajstić information content (AvgIpc) is 2.32. The number of benzene rings is 1. The van der Waals surface area contributed by atoms with Crippen LogP contribution in [0.15, 0.2) is 0 Å². The highest BCUT2D eigenvalue weighted by Gasteiger charge is 2.39. The third kappa shape index (κ3) is 2.51. The van der Waals surface area contributed by atoms with Crippen LogP contribution in [-0.2, 0) is 9.84 Å². The second-order valence-corrected chi connectivity index (χ2v) is 8.99. The van der Waals surface area contributed by atoms with E-state index in [-0.39, 0.29) is 0 Å². The summed E-state index contributed by atoms with van der Waals surface area (Å²) in [6.07, 6.45) is 1.26. The maximum atomic E-state index is 12.0. The van der Waals surface area contributed by atoms with E-state index in [1.807, 2.05) is 13.8 Å². The largest absolute Gasteiger partial charge is 0.323 e. The Bertz CT molecular complexity index is 614. The van der Waals surface area contributed by atoms with Gasteiger partial charge in [0.2, 0.25) is 0 Å². The fourth-order valence-electron chi connectivity index (χ4n) is 2.57.